The summed E-state index contributed by atoms with van der Waals surface area (Å²) < 4.78 is 18.5. The zero-order valence-corrected chi connectivity index (χ0v) is 17.2. The van der Waals surface area contributed by atoms with Crippen LogP contribution < -0.4 is 14.2 Å². The molecule has 5 aromatic rings. The SMILES string of the molecule is COc1cc2c(-n3nnc4ccccc43)nc(-c3ccccc3)nc2c(OC)c1OC. The second kappa shape index (κ2) is 7.56. The minimum absolute atomic E-state index is 0.460. The smallest absolute Gasteiger partial charge is 0.205 e. The Balaban J connectivity index is 1.93. The molecule has 0 aliphatic heterocycles. The predicted molar refractivity (Wildman–Crippen MR) is 117 cm³/mol. The Bertz CT molecular complexity index is 1400. The van der Waals surface area contributed by atoms with Gasteiger partial charge in [0.25, 0.3) is 0 Å². The van der Waals surface area contributed by atoms with Crippen LogP contribution in [0.25, 0.3) is 39.1 Å². The summed E-state index contributed by atoms with van der Waals surface area (Å²) in [6.45, 7) is 0. The maximum Gasteiger partial charge on any atom is 0.205 e. The topological polar surface area (TPSA) is 84.2 Å². The molecule has 8 nitrogen and oxygen atoms in total. The van der Waals surface area contributed by atoms with Crippen molar-refractivity contribution < 1.29 is 14.2 Å². The summed E-state index contributed by atoms with van der Waals surface area (Å²) >= 11 is 0. The Morgan fingerprint density at radius 1 is 0.774 bits per heavy atom. The molecule has 0 N–H and O–H groups in total. The van der Waals surface area contributed by atoms with Gasteiger partial charge in [0.15, 0.2) is 23.1 Å². The van der Waals surface area contributed by atoms with Gasteiger partial charge >= 0.3 is 0 Å². The van der Waals surface area contributed by atoms with Crippen LogP contribution in [-0.4, -0.2) is 46.3 Å². The van der Waals surface area contributed by atoms with E-state index < -0.39 is 0 Å². The highest BCUT2D eigenvalue weighted by Crippen LogP contribution is 2.44. The van der Waals surface area contributed by atoms with E-state index in [4.69, 9.17) is 24.2 Å². The number of rotatable bonds is 5. The molecule has 8 heteroatoms. The van der Waals surface area contributed by atoms with Crippen LogP contribution >= 0.6 is 0 Å². The molecule has 0 amide bonds. The van der Waals surface area contributed by atoms with Gasteiger partial charge in [-0.1, -0.05) is 47.7 Å². The number of benzene rings is 3. The third-order valence-electron chi connectivity index (χ3n) is 5.06. The van der Waals surface area contributed by atoms with Crippen LogP contribution in [0.15, 0.2) is 60.7 Å². The molecule has 0 bridgehead atoms. The van der Waals surface area contributed by atoms with E-state index in [1.165, 1.54) is 0 Å². The monoisotopic (exact) mass is 413 g/mol. The lowest BCUT2D eigenvalue weighted by atomic mass is 10.1. The number of nitrogens with zero attached hydrogens (tertiary/aromatic N) is 5. The highest BCUT2D eigenvalue weighted by molar-refractivity contribution is 5.96. The van der Waals surface area contributed by atoms with Crippen molar-refractivity contribution in [3.63, 3.8) is 0 Å². The van der Waals surface area contributed by atoms with Crippen LogP contribution in [0.5, 0.6) is 17.2 Å². The van der Waals surface area contributed by atoms with Crippen molar-refractivity contribution >= 4 is 21.9 Å². The van der Waals surface area contributed by atoms with Crippen molar-refractivity contribution in [3.8, 4) is 34.5 Å². The van der Waals surface area contributed by atoms with E-state index in [-0.39, 0.29) is 0 Å². The lowest BCUT2D eigenvalue weighted by Gasteiger charge is -2.16. The van der Waals surface area contributed by atoms with Gasteiger partial charge in [0.1, 0.15) is 11.0 Å². The number of methoxy groups -OCH3 is 3. The lowest BCUT2D eigenvalue weighted by molar-refractivity contribution is 0.327. The molecule has 3 aromatic carbocycles. The summed E-state index contributed by atoms with van der Waals surface area (Å²) in [5, 5.41) is 9.35. The van der Waals surface area contributed by atoms with Crippen molar-refractivity contribution in [2.75, 3.05) is 21.3 Å². The van der Waals surface area contributed by atoms with Crippen molar-refractivity contribution in [2.24, 2.45) is 0 Å². The maximum atomic E-state index is 5.70. The van der Waals surface area contributed by atoms with Gasteiger partial charge in [-0.3, -0.25) is 0 Å². The first-order valence-electron chi connectivity index (χ1n) is 9.62. The summed E-state index contributed by atoms with van der Waals surface area (Å²) in [6.07, 6.45) is 0. The molecular weight excluding hydrogens is 394 g/mol. The Morgan fingerprint density at radius 2 is 1.52 bits per heavy atom. The summed E-state index contributed by atoms with van der Waals surface area (Å²) in [5.74, 6) is 2.53. The van der Waals surface area contributed by atoms with E-state index in [2.05, 4.69) is 10.3 Å². The summed E-state index contributed by atoms with van der Waals surface area (Å²) in [5.41, 5.74) is 3.05. The normalized spacial score (nSPS) is 11.1. The van der Waals surface area contributed by atoms with Crippen LogP contribution in [0, 0.1) is 0 Å². The van der Waals surface area contributed by atoms with Gasteiger partial charge in [-0.2, -0.15) is 4.68 Å². The minimum Gasteiger partial charge on any atom is -0.493 e. The molecule has 0 atom stereocenters. The molecule has 154 valence electrons. The van der Waals surface area contributed by atoms with Gasteiger partial charge < -0.3 is 14.2 Å². The summed E-state index contributed by atoms with van der Waals surface area (Å²) in [7, 11) is 4.72. The zero-order chi connectivity index (χ0) is 21.4. The van der Waals surface area contributed by atoms with Crippen LogP contribution in [0.1, 0.15) is 0 Å². The number of para-hydroxylation sites is 1. The molecule has 2 aromatic heterocycles. The van der Waals surface area contributed by atoms with E-state index in [9.17, 15) is 0 Å². The number of aromatic nitrogens is 5. The van der Waals surface area contributed by atoms with E-state index in [1.54, 1.807) is 26.0 Å². The van der Waals surface area contributed by atoms with Crippen molar-refractivity contribution in [3.05, 3.63) is 60.7 Å². The molecule has 0 aliphatic carbocycles. The lowest BCUT2D eigenvalue weighted by Crippen LogP contribution is -2.06. The number of hydrogen-bond acceptors (Lipinski definition) is 7. The average molecular weight is 413 g/mol. The molecule has 0 saturated heterocycles. The fourth-order valence-corrected chi connectivity index (χ4v) is 3.62. The molecule has 0 spiro atoms. The van der Waals surface area contributed by atoms with Crippen molar-refractivity contribution in [2.45, 2.75) is 0 Å². The molecule has 31 heavy (non-hydrogen) atoms. The molecule has 5 rings (SSSR count). The fourth-order valence-electron chi connectivity index (χ4n) is 3.62. The van der Waals surface area contributed by atoms with E-state index in [1.807, 2.05) is 60.7 Å². The van der Waals surface area contributed by atoms with E-state index in [0.29, 0.717) is 39.8 Å². The van der Waals surface area contributed by atoms with Crippen LogP contribution in [-0.2, 0) is 0 Å². The fraction of sp³-hybridized carbons (Fsp3) is 0.130. The first-order valence-corrected chi connectivity index (χ1v) is 9.62. The van der Waals surface area contributed by atoms with E-state index >= 15 is 0 Å². The minimum atomic E-state index is 0.460. The molecule has 0 radical (unpaired) electrons. The Morgan fingerprint density at radius 3 is 2.26 bits per heavy atom. The molecule has 0 aliphatic rings. The third kappa shape index (κ3) is 3.00. The predicted octanol–water partition coefficient (Wildman–Crippen LogP) is 4.06. The van der Waals surface area contributed by atoms with Gasteiger partial charge in [0.05, 0.1) is 32.2 Å². The highest BCUT2D eigenvalue weighted by Gasteiger charge is 2.23. The first kappa shape index (κ1) is 18.8. The van der Waals surface area contributed by atoms with Gasteiger partial charge in [0, 0.05) is 5.56 Å². The second-order valence-electron chi connectivity index (χ2n) is 6.77. The largest absolute Gasteiger partial charge is 0.493 e. The van der Waals surface area contributed by atoms with Crippen LogP contribution in [0.4, 0.5) is 0 Å². The van der Waals surface area contributed by atoms with Gasteiger partial charge in [0.2, 0.25) is 5.75 Å². The highest BCUT2D eigenvalue weighted by atomic mass is 16.5. The molecule has 0 saturated carbocycles. The Hall–Kier alpha value is -4.20. The van der Waals surface area contributed by atoms with Crippen molar-refractivity contribution in [1.82, 2.24) is 25.0 Å². The Labute approximate surface area is 178 Å². The zero-order valence-electron chi connectivity index (χ0n) is 17.2. The molecule has 0 fully saturated rings. The van der Waals surface area contributed by atoms with Crippen LogP contribution in [0.3, 0.4) is 0 Å². The molecule has 0 unspecified atom stereocenters. The van der Waals surface area contributed by atoms with Crippen molar-refractivity contribution in [1.29, 1.82) is 0 Å². The second-order valence-corrected chi connectivity index (χ2v) is 6.77. The van der Waals surface area contributed by atoms with Gasteiger partial charge in [-0.25, -0.2) is 9.97 Å². The van der Waals surface area contributed by atoms with E-state index in [0.717, 1.165) is 16.6 Å². The first-order chi connectivity index (χ1) is 15.2. The standard InChI is InChI=1S/C23H19N5O3/c1-29-18-13-15-19(21(31-3)20(18)30-2)24-22(14-9-5-4-6-10-14)25-23(15)28-17-12-8-7-11-16(17)26-27-28/h4-13H,1-3H3. The maximum absolute atomic E-state index is 5.70. The molecular formula is C23H19N5O3. The summed E-state index contributed by atoms with van der Waals surface area (Å²) in [6, 6.07) is 19.3. The van der Waals surface area contributed by atoms with Gasteiger partial charge in [-0.05, 0) is 18.2 Å². The average Bonchev–Trinajstić information content (AvgIpc) is 3.26. The summed E-state index contributed by atoms with van der Waals surface area (Å²) in [4.78, 5) is 9.69. The molecule has 2 heterocycles. The van der Waals surface area contributed by atoms with Gasteiger partial charge in [-0.15, -0.1) is 5.10 Å². The Kier molecular flexibility index (Phi) is 4.59. The number of hydrogen-bond donors (Lipinski definition) is 0. The number of fused-ring (bicyclic) bond motifs is 2. The third-order valence-corrected chi connectivity index (χ3v) is 5.06. The van der Waals surface area contributed by atoms with Crippen LogP contribution in [0.2, 0.25) is 0 Å². The quantitative estimate of drug-likeness (QED) is 0.430. The number of ether oxygens (including phenoxy) is 3.